The van der Waals surface area contributed by atoms with Gasteiger partial charge >= 0.3 is 5.97 Å². The summed E-state index contributed by atoms with van der Waals surface area (Å²) >= 11 is 0. The van der Waals surface area contributed by atoms with E-state index in [1.165, 1.54) is 81.8 Å². The monoisotopic (exact) mass is 821 g/mol. The molecular weight excluding hydrogens is 745 g/mol. The van der Waals surface area contributed by atoms with Crippen molar-refractivity contribution in [1.29, 1.82) is 0 Å². The molecule has 5 aliphatic carbocycles. The van der Waals surface area contributed by atoms with Gasteiger partial charge in [0.25, 0.3) is 6.47 Å². The van der Waals surface area contributed by atoms with E-state index < -0.39 is 5.97 Å². The quantitative estimate of drug-likeness (QED) is 0.109. The Kier molecular flexibility index (Phi) is 21.3. The first kappa shape index (κ1) is 53.3. The van der Waals surface area contributed by atoms with Gasteiger partial charge in [0, 0.05) is 32.6 Å². The molecule has 7 nitrogen and oxygen atoms in total. The maximum Gasteiger partial charge on any atom is 0.335 e. The molecule has 0 bridgehead atoms. The molecule has 0 radical (unpaired) electrons. The highest BCUT2D eigenvalue weighted by atomic mass is 16.4. The van der Waals surface area contributed by atoms with E-state index in [1.807, 2.05) is 19.1 Å². The van der Waals surface area contributed by atoms with Gasteiger partial charge in [-0.2, -0.15) is 0 Å². The third kappa shape index (κ3) is 10.4. The molecule has 328 valence electrons. The minimum atomic E-state index is -0.857. The van der Waals surface area contributed by atoms with E-state index >= 15 is 0 Å². The van der Waals surface area contributed by atoms with Crippen molar-refractivity contribution in [2.75, 3.05) is 26.2 Å². The molecule has 8 atom stereocenters. The second kappa shape index (κ2) is 23.9. The molecule has 60 heavy (non-hydrogen) atoms. The van der Waals surface area contributed by atoms with Crippen LogP contribution in [0.25, 0.3) is 5.57 Å². The molecule has 1 saturated heterocycles. The van der Waals surface area contributed by atoms with Crippen LogP contribution >= 0.6 is 0 Å². The minimum absolute atomic E-state index is 0.0474. The third-order valence-corrected chi connectivity index (χ3v) is 16.0. The van der Waals surface area contributed by atoms with Gasteiger partial charge in [0.15, 0.2) is 0 Å². The number of likely N-dealkylation sites (tertiary alicyclic amines) is 1. The van der Waals surface area contributed by atoms with Crippen LogP contribution in [0.4, 0.5) is 0 Å². The van der Waals surface area contributed by atoms with Crippen molar-refractivity contribution >= 4 is 23.9 Å². The minimum Gasteiger partial charge on any atom is -0.483 e. The zero-order valence-electron chi connectivity index (χ0n) is 37.8. The Bertz CT molecular complexity index is 1630. The molecule has 7 rings (SSSR count). The summed E-state index contributed by atoms with van der Waals surface area (Å²) in [7, 11) is 0. The van der Waals surface area contributed by atoms with Crippen LogP contribution in [0.1, 0.15) is 141 Å². The molecule has 1 aromatic rings. The summed E-state index contributed by atoms with van der Waals surface area (Å²) in [5, 5.41) is 20.2. The molecule has 1 aromatic carbocycles. The Balaban J connectivity index is 0.00000116. The van der Waals surface area contributed by atoms with Crippen LogP contribution in [0.3, 0.4) is 0 Å². The number of amides is 1. The van der Waals surface area contributed by atoms with Gasteiger partial charge in [-0.25, -0.2) is 4.79 Å². The van der Waals surface area contributed by atoms with Gasteiger partial charge in [0.05, 0.1) is 5.56 Å². The molecular formula is C53H76N2O5. The second-order valence-electron chi connectivity index (χ2n) is 18.5. The van der Waals surface area contributed by atoms with Crippen molar-refractivity contribution in [3.63, 3.8) is 0 Å². The SMILES string of the molecule is C#C.C#C.C#C.C#C.C=CC.CC1(C)C(c2ccc(C(=O)O)cc2)=CC[C@@]2(C)C1CC[C@]1(C)C2CC[C@@H]2C3CCC[C@]3(CNCCC(=O)N3CCCC3)CC[C@]21C.O=CO. The molecule has 0 spiro atoms. The first-order valence-electron chi connectivity index (χ1n) is 21.7. The normalized spacial score (nSPS) is 32.1. The zero-order chi connectivity index (χ0) is 46.0. The number of aromatic carboxylic acids is 1. The molecule has 1 aliphatic heterocycles. The lowest BCUT2D eigenvalue weighted by Gasteiger charge is -2.72. The predicted octanol–water partition coefficient (Wildman–Crippen LogP) is 10.7. The lowest BCUT2D eigenvalue weighted by Crippen LogP contribution is -2.65. The first-order chi connectivity index (χ1) is 28.7. The number of benzene rings is 1. The molecule has 6 aliphatic rings. The molecule has 4 saturated carbocycles. The van der Waals surface area contributed by atoms with Crippen molar-refractivity contribution in [3.05, 3.63) is 54.1 Å². The van der Waals surface area contributed by atoms with Crippen molar-refractivity contribution in [2.45, 2.75) is 125 Å². The van der Waals surface area contributed by atoms with Crippen molar-refractivity contribution < 1.29 is 24.6 Å². The molecule has 7 heteroatoms. The van der Waals surface area contributed by atoms with E-state index in [2.05, 4.69) is 109 Å². The van der Waals surface area contributed by atoms with Crippen LogP contribution < -0.4 is 5.32 Å². The summed E-state index contributed by atoms with van der Waals surface area (Å²) < 4.78 is 0. The third-order valence-electron chi connectivity index (χ3n) is 16.0. The smallest absolute Gasteiger partial charge is 0.335 e. The van der Waals surface area contributed by atoms with Gasteiger partial charge in [-0.1, -0.05) is 65.3 Å². The predicted molar refractivity (Wildman–Crippen MR) is 249 cm³/mol. The number of allylic oxidation sites excluding steroid dienone is 3. The van der Waals surface area contributed by atoms with Crippen molar-refractivity contribution in [1.82, 2.24) is 10.2 Å². The van der Waals surface area contributed by atoms with Gasteiger partial charge in [-0.3, -0.25) is 9.59 Å². The van der Waals surface area contributed by atoms with Crippen molar-refractivity contribution in [2.24, 2.45) is 50.7 Å². The number of carbonyl (C=O) groups excluding carboxylic acids is 1. The van der Waals surface area contributed by atoms with Gasteiger partial charge < -0.3 is 20.4 Å². The first-order valence-corrected chi connectivity index (χ1v) is 21.7. The molecule has 1 amide bonds. The largest absolute Gasteiger partial charge is 0.483 e. The average Bonchev–Trinajstić information content (AvgIpc) is 3.95. The summed E-state index contributed by atoms with van der Waals surface area (Å²) in [5.74, 6) is 2.48. The Labute approximate surface area is 365 Å². The highest BCUT2D eigenvalue weighted by Crippen LogP contribution is 2.77. The van der Waals surface area contributed by atoms with E-state index in [4.69, 9.17) is 9.90 Å². The lowest BCUT2D eigenvalue weighted by molar-refractivity contribution is -0.222. The van der Waals surface area contributed by atoms with Crippen LogP contribution in [0.15, 0.2) is 43.0 Å². The topological polar surface area (TPSA) is 107 Å². The van der Waals surface area contributed by atoms with Crippen LogP contribution in [-0.4, -0.2) is 59.6 Å². The van der Waals surface area contributed by atoms with Crippen molar-refractivity contribution in [3.8, 4) is 51.4 Å². The maximum absolute atomic E-state index is 12.7. The number of hydrogen-bond donors (Lipinski definition) is 3. The lowest BCUT2D eigenvalue weighted by atomic mass is 9.32. The number of hydrogen-bond acceptors (Lipinski definition) is 4. The van der Waals surface area contributed by atoms with Crippen LogP contribution in [0, 0.1) is 102 Å². The summed E-state index contributed by atoms with van der Waals surface area (Å²) in [6, 6.07) is 7.63. The molecule has 3 N–H and O–H groups in total. The number of nitrogens with one attached hydrogen (secondary N) is 1. The maximum atomic E-state index is 12.7. The van der Waals surface area contributed by atoms with E-state index in [0.29, 0.717) is 40.1 Å². The van der Waals surface area contributed by atoms with Gasteiger partial charge in [0.2, 0.25) is 5.91 Å². The number of rotatable bonds is 7. The number of carboxylic acid groups (broad SMARTS) is 2. The highest BCUT2D eigenvalue weighted by Gasteiger charge is 2.69. The number of terminal acetylenes is 4. The molecule has 5 fully saturated rings. The summed E-state index contributed by atoms with van der Waals surface area (Å²) in [5.41, 5.74) is 4.47. The summed E-state index contributed by atoms with van der Waals surface area (Å²) in [6.07, 6.45) is 52.6. The standard InChI is InChI=1S/C41H60N2O3.C3H6.4C2H2.CH2O2/c1-37(2)30(28-10-12-29(13-11-28)36(45)46)16-20-38(3)33(37)17-21-40(5)34(38)15-14-31-32-9-8-19-41(32,23-22-39(31,40)4)27-42-24-18-35(44)43-25-6-7-26-43;1-3-2;4*1-2;2-1-3/h10-13,16,31-34,42H,6-9,14-15,17-27H2,1-5H3,(H,45,46);3H,1H2,2H3;4*1-2H;1H,(H,2,3)/t31-,32?,33?,34?,38+,39-,40-,41-;;;;;;/m1....../s1. The number of fused-ring (bicyclic) bond motifs is 7. The fourth-order valence-corrected chi connectivity index (χ4v) is 13.6. The van der Waals surface area contributed by atoms with Crippen LogP contribution in [0.2, 0.25) is 0 Å². The van der Waals surface area contributed by atoms with Gasteiger partial charge in [-0.05, 0) is 152 Å². The Morgan fingerprint density at radius 2 is 1.37 bits per heavy atom. The van der Waals surface area contributed by atoms with Crippen LogP contribution in [-0.2, 0) is 9.59 Å². The Hall–Kier alpha value is -4.69. The van der Waals surface area contributed by atoms with E-state index in [-0.39, 0.29) is 17.3 Å². The number of carboxylic acids is 1. The van der Waals surface area contributed by atoms with E-state index in [0.717, 1.165) is 50.4 Å². The van der Waals surface area contributed by atoms with Crippen LogP contribution in [0.5, 0.6) is 0 Å². The fourth-order valence-electron chi connectivity index (χ4n) is 13.6. The fraction of sp³-hybridized carbons (Fsp3) is 0.604. The second-order valence-corrected chi connectivity index (χ2v) is 18.5. The zero-order valence-corrected chi connectivity index (χ0v) is 37.8. The van der Waals surface area contributed by atoms with Gasteiger partial charge in [-0.15, -0.1) is 58.0 Å². The number of carbonyl (C=O) groups is 3. The average molecular weight is 821 g/mol. The molecule has 0 aromatic heterocycles. The summed E-state index contributed by atoms with van der Waals surface area (Å²) in [4.78, 5) is 34.6. The molecule has 1 heterocycles. The Morgan fingerprint density at radius 3 is 1.92 bits per heavy atom. The molecule has 3 unspecified atom stereocenters. The Morgan fingerprint density at radius 1 is 0.800 bits per heavy atom. The number of nitrogens with zero attached hydrogens (tertiary/aromatic N) is 1. The van der Waals surface area contributed by atoms with E-state index in [9.17, 15) is 14.7 Å². The van der Waals surface area contributed by atoms with Gasteiger partial charge in [0.1, 0.15) is 0 Å². The van der Waals surface area contributed by atoms with E-state index in [1.54, 1.807) is 18.2 Å². The summed E-state index contributed by atoms with van der Waals surface area (Å²) in [6.45, 7) is 21.9. The highest BCUT2D eigenvalue weighted by molar-refractivity contribution is 5.88.